The fourth-order valence-electron chi connectivity index (χ4n) is 3.25. The topological polar surface area (TPSA) is 9.23 Å². The summed E-state index contributed by atoms with van der Waals surface area (Å²) in [6.45, 7) is 2.37. The fraction of sp³-hybridized carbons (Fsp3) is 0.364. The summed E-state index contributed by atoms with van der Waals surface area (Å²) < 4.78 is 5.16. The van der Waals surface area contributed by atoms with Gasteiger partial charge in [-0.2, -0.15) is 0 Å². The molecular weight excluding hydrogens is 280 g/mol. The van der Waals surface area contributed by atoms with Crippen LogP contribution in [0.4, 0.5) is 0 Å². The van der Waals surface area contributed by atoms with Gasteiger partial charge in [-0.1, -0.05) is 43.7 Å². The molecule has 1 fully saturated rings. The molecule has 0 aliphatic heterocycles. The maximum atomic E-state index is 5.16. The number of hydrogen-bond acceptors (Lipinski definition) is 1. The van der Waals surface area contributed by atoms with Crippen molar-refractivity contribution in [3.05, 3.63) is 65.2 Å². The van der Waals surface area contributed by atoms with Crippen LogP contribution >= 0.6 is 0 Å². The molecule has 0 heterocycles. The van der Waals surface area contributed by atoms with E-state index in [2.05, 4.69) is 43.0 Å². The van der Waals surface area contributed by atoms with Gasteiger partial charge < -0.3 is 4.74 Å². The second-order valence-electron chi connectivity index (χ2n) is 6.56. The van der Waals surface area contributed by atoms with Crippen molar-refractivity contribution < 1.29 is 4.74 Å². The highest BCUT2D eigenvalue weighted by Crippen LogP contribution is 2.35. The van der Waals surface area contributed by atoms with Crippen molar-refractivity contribution in [3.8, 4) is 17.6 Å². The van der Waals surface area contributed by atoms with Crippen LogP contribution in [0.1, 0.15) is 55.2 Å². The molecule has 1 saturated carbocycles. The molecule has 1 aliphatic carbocycles. The molecule has 2 aromatic carbocycles. The SMILES string of the molecule is COc1ccc(C#Cc2ccc(C3CCC(C)CC3)cc2)cc1. The van der Waals surface area contributed by atoms with E-state index in [1.165, 1.54) is 31.2 Å². The van der Waals surface area contributed by atoms with E-state index in [4.69, 9.17) is 4.74 Å². The van der Waals surface area contributed by atoms with E-state index in [0.29, 0.717) is 0 Å². The highest BCUT2D eigenvalue weighted by Gasteiger charge is 2.19. The summed E-state index contributed by atoms with van der Waals surface area (Å²) in [6, 6.07) is 16.7. The molecule has 0 atom stereocenters. The van der Waals surface area contributed by atoms with Crippen molar-refractivity contribution in [2.24, 2.45) is 5.92 Å². The van der Waals surface area contributed by atoms with E-state index in [0.717, 1.165) is 28.7 Å². The molecule has 0 spiro atoms. The third kappa shape index (κ3) is 4.17. The average molecular weight is 304 g/mol. The first-order valence-electron chi connectivity index (χ1n) is 8.50. The van der Waals surface area contributed by atoms with E-state index in [1.807, 2.05) is 24.3 Å². The molecule has 1 aliphatic rings. The van der Waals surface area contributed by atoms with Crippen molar-refractivity contribution in [3.63, 3.8) is 0 Å². The van der Waals surface area contributed by atoms with Crippen molar-refractivity contribution in [2.45, 2.75) is 38.5 Å². The molecule has 0 amide bonds. The van der Waals surface area contributed by atoms with Gasteiger partial charge in [0.05, 0.1) is 7.11 Å². The number of rotatable bonds is 2. The van der Waals surface area contributed by atoms with Crippen molar-refractivity contribution in [2.75, 3.05) is 7.11 Å². The minimum absolute atomic E-state index is 0.745. The van der Waals surface area contributed by atoms with Gasteiger partial charge in [0, 0.05) is 11.1 Å². The smallest absolute Gasteiger partial charge is 0.118 e. The normalized spacial score (nSPS) is 20.4. The molecule has 1 nitrogen and oxygen atoms in total. The van der Waals surface area contributed by atoms with E-state index < -0.39 is 0 Å². The van der Waals surface area contributed by atoms with E-state index in [-0.39, 0.29) is 0 Å². The van der Waals surface area contributed by atoms with Gasteiger partial charge in [0.2, 0.25) is 0 Å². The van der Waals surface area contributed by atoms with Gasteiger partial charge in [-0.3, -0.25) is 0 Å². The quantitative estimate of drug-likeness (QED) is 0.676. The van der Waals surface area contributed by atoms with Crippen molar-refractivity contribution in [1.29, 1.82) is 0 Å². The lowest BCUT2D eigenvalue weighted by molar-refractivity contribution is 0.348. The van der Waals surface area contributed by atoms with Crippen molar-refractivity contribution >= 4 is 0 Å². The Labute approximate surface area is 139 Å². The zero-order chi connectivity index (χ0) is 16.1. The van der Waals surface area contributed by atoms with Crippen LogP contribution < -0.4 is 4.74 Å². The second kappa shape index (κ2) is 7.38. The Morgan fingerprint density at radius 1 is 0.783 bits per heavy atom. The lowest BCUT2D eigenvalue weighted by Gasteiger charge is -2.26. The summed E-state index contributed by atoms with van der Waals surface area (Å²) in [7, 11) is 1.68. The minimum Gasteiger partial charge on any atom is -0.497 e. The lowest BCUT2D eigenvalue weighted by Crippen LogP contribution is -2.10. The first-order valence-corrected chi connectivity index (χ1v) is 8.50. The van der Waals surface area contributed by atoms with Crippen LogP contribution in [0.3, 0.4) is 0 Å². The number of methoxy groups -OCH3 is 1. The average Bonchev–Trinajstić information content (AvgIpc) is 2.61. The molecule has 0 bridgehead atoms. The summed E-state index contributed by atoms with van der Waals surface area (Å²) in [4.78, 5) is 0. The van der Waals surface area contributed by atoms with Crippen LogP contribution in [0, 0.1) is 17.8 Å². The van der Waals surface area contributed by atoms with Gasteiger partial charge in [-0.15, -0.1) is 0 Å². The van der Waals surface area contributed by atoms with E-state index >= 15 is 0 Å². The highest BCUT2D eigenvalue weighted by molar-refractivity contribution is 5.45. The Morgan fingerprint density at radius 3 is 1.83 bits per heavy atom. The zero-order valence-electron chi connectivity index (χ0n) is 14.0. The predicted molar refractivity (Wildman–Crippen MR) is 95.8 cm³/mol. The summed E-state index contributed by atoms with van der Waals surface area (Å²) in [5, 5.41) is 0. The first kappa shape index (κ1) is 15.7. The largest absolute Gasteiger partial charge is 0.497 e. The van der Waals surface area contributed by atoms with E-state index in [9.17, 15) is 0 Å². The van der Waals surface area contributed by atoms with Gasteiger partial charge in [0.1, 0.15) is 5.75 Å². The Morgan fingerprint density at radius 2 is 1.30 bits per heavy atom. The molecule has 3 rings (SSSR count). The molecule has 1 heteroatoms. The first-order chi connectivity index (χ1) is 11.2. The van der Waals surface area contributed by atoms with Crippen LogP contribution in [0.5, 0.6) is 5.75 Å². The summed E-state index contributed by atoms with van der Waals surface area (Å²) >= 11 is 0. The molecule has 0 unspecified atom stereocenters. The number of benzene rings is 2. The maximum absolute atomic E-state index is 5.16. The van der Waals surface area contributed by atoms with Gasteiger partial charge in [-0.05, 0) is 66.6 Å². The summed E-state index contributed by atoms with van der Waals surface area (Å²) in [5.74, 6) is 8.97. The molecule has 0 aromatic heterocycles. The Kier molecular flexibility index (Phi) is 5.03. The molecule has 0 N–H and O–H groups in total. The monoisotopic (exact) mass is 304 g/mol. The second-order valence-corrected chi connectivity index (χ2v) is 6.56. The van der Waals surface area contributed by atoms with Crippen molar-refractivity contribution in [1.82, 2.24) is 0 Å². The zero-order valence-corrected chi connectivity index (χ0v) is 14.0. The molecule has 2 aromatic rings. The third-order valence-corrected chi connectivity index (χ3v) is 4.84. The van der Waals surface area contributed by atoms with Gasteiger partial charge in [0.25, 0.3) is 0 Å². The highest BCUT2D eigenvalue weighted by atomic mass is 16.5. The fourth-order valence-corrected chi connectivity index (χ4v) is 3.25. The predicted octanol–water partition coefficient (Wildman–Crippen LogP) is 5.39. The summed E-state index contributed by atoms with van der Waals surface area (Å²) in [5.41, 5.74) is 3.57. The van der Waals surface area contributed by atoms with Gasteiger partial charge >= 0.3 is 0 Å². The van der Waals surface area contributed by atoms with Crippen LogP contribution in [0.2, 0.25) is 0 Å². The van der Waals surface area contributed by atoms with Gasteiger partial charge in [-0.25, -0.2) is 0 Å². The molecule has 118 valence electrons. The Balaban J connectivity index is 1.66. The summed E-state index contributed by atoms with van der Waals surface area (Å²) in [6.07, 6.45) is 5.39. The Hall–Kier alpha value is -2.20. The number of hydrogen-bond donors (Lipinski definition) is 0. The van der Waals surface area contributed by atoms with Gasteiger partial charge in [0.15, 0.2) is 0 Å². The Bertz CT molecular complexity index is 677. The lowest BCUT2D eigenvalue weighted by atomic mass is 9.79. The van der Waals surface area contributed by atoms with Crippen LogP contribution in [-0.2, 0) is 0 Å². The standard InChI is InChI=1S/C22H24O/c1-17-3-11-20(12-4-17)21-13-7-18(8-14-21)5-6-19-9-15-22(23-2)16-10-19/h7-10,13-17,20H,3-4,11-12H2,1-2H3. The molecular formula is C22H24O. The van der Waals surface area contributed by atoms with E-state index in [1.54, 1.807) is 7.11 Å². The maximum Gasteiger partial charge on any atom is 0.118 e. The number of ether oxygens (including phenoxy) is 1. The minimum atomic E-state index is 0.745. The molecule has 0 radical (unpaired) electrons. The van der Waals surface area contributed by atoms with Crippen LogP contribution in [0.15, 0.2) is 48.5 Å². The molecule has 0 saturated heterocycles. The van der Waals surface area contributed by atoms with Crippen LogP contribution in [0.25, 0.3) is 0 Å². The molecule has 23 heavy (non-hydrogen) atoms. The third-order valence-electron chi connectivity index (χ3n) is 4.84. The van der Waals surface area contributed by atoms with Crippen LogP contribution in [-0.4, -0.2) is 7.11 Å².